The fraction of sp³-hybridized carbons (Fsp3) is 0.500. The van der Waals surface area contributed by atoms with Gasteiger partial charge in [0.15, 0.2) is 5.82 Å². The number of rotatable bonds is 3. The lowest BCUT2D eigenvalue weighted by molar-refractivity contribution is 0.259. The Hall–Kier alpha value is -1.79. The molecule has 1 aliphatic heterocycles. The molecule has 0 spiro atoms. The number of halogens is 2. The van der Waals surface area contributed by atoms with Gasteiger partial charge >= 0.3 is 0 Å². The number of benzene rings is 1. The summed E-state index contributed by atoms with van der Waals surface area (Å²) < 4.78 is 28.4. The Morgan fingerprint density at radius 1 is 1.17 bits per heavy atom. The van der Waals surface area contributed by atoms with Crippen molar-refractivity contribution in [3.63, 3.8) is 0 Å². The molecule has 1 aromatic carbocycles. The van der Waals surface area contributed by atoms with E-state index >= 15 is 0 Å². The maximum absolute atomic E-state index is 13.9. The van der Waals surface area contributed by atoms with E-state index in [0.717, 1.165) is 37.8 Å². The van der Waals surface area contributed by atoms with Gasteiger partial charge in [0.25, 0.3) is 0 Å². The van der Waals surface area contributed by atoms with E-state index in [9.17, 15) is 8.78 Å². The SMILES string of the molecule is NC1CCCC2CN(Cc3ccn(-c4ccc(F)cc4F)n3)CC12. The molecule has 0 radical (unpaired) electrons. The van der Waals surface area contributed by atoms with Gasteiger partial charge in [0.2, 0.25) is 0 Å². The second-order valence-corrected chi connectivity index (χ2v) is 7.06. The number of fused-ring (bicyclic) bond motifs is 1. The Bertz CT molecular complexity index is 730. The molecular formula is C18H22F2N4. The van der Waals surface area contributed by atoms with E-state index in [1.54, 1.807) is 6.20 Å². The summed E-state index contributed by atoms with van der Waals surface area (Å²) in [7, 11) is 0. The van der Waals surface area contributed by atoms with Crippen molar-refractivity contribution in [2.45, 2.75) is 31.8 Å². The number of hydrogen-bond acceptors (Lipinski definition) is 3. The van der Waals surface area contributed by atoms with Crippen LogP contribution >= 0.6 is 0 Å². The molecule has 3 atom stereocenters. The second kappa shape index (κ2) is 6.26. The van der Waals surface area contributed by atoms with Crippen molar-refractivity contribution >= 4 is 0 Å². The van der Waals surface area contributed by atoms with Crippen molar-refractivity contribution in [2.75, 3.05) is 13.1 Å². The highest BCUT2D eigenvalue weighted by atomic mass is 19.1. The Morgan fingerprint density at radius 3 is 2.83 bits per heavy atom. The Morgan fingerprint density at radius 2 is 2.04 bits per heavy atom. The Balaban J connectivity index is 1.46. The molecule has 24 heavy (non-hydrogen) atoms. The smallest absolute Gasteiger partial charge is 0.151 e. The zero-order valence-electron chi connectivity index (χ0n) is 13.5. The third-order valence-electron chi connectivity index (χ3n) is 5.42. The van der Waals surface area contributed by atoms with Crippen LogP contribution in [0.3, 0.4) is 0 Å². The minimum Gasteiger partial charge on any atom is -0.327 e. The maximum Gasteiger partial charge on any atom is 0.151 e. The first kappa shape index (κ1) is 15.7. The summed E-state index contributed by atoms with van der Waals surface area (Å²) in [4.78, 5) is 2.40. The third-order valence-corrected chi connectivity index (χ3v) is 5.42. The molecule has 0 amide bonds. The van der Waals surface area contributed by atoms with Gasteiger partial charge in [0.1, 0.15) is 11.5 Å². The molecule has 1 aromatic heterocycles. The van der Waals surface area contributed by atoms with Gasteiger partial charge in [0.05, 0.1) is 5.69 Å². The number of nitrogens with two attached hydrogens (primary N) is 1. The van der Waals surface area contributed by atoms with Gasteiger partial charge in [-0.2, -0.15) is 5.10 Å². The largest absolute Gasteiger partial charge is 0.327 e. The van der Waals surface area contributed by atoms with Crippen LogP contribution in [0.25, 0.3) is 5.69 Å². The first-order valence-electron chi connectivity index (χ1n) is 8.58. The summed E-state index contributed by atoms with van der Waals surface area (Å²) >= 11 is 0. The summed E-state index contributed by atoms with van der Waals surface area (Å²) in [6, 6.07) is 5.74. The van der Waals surface area contributed by atoms with Gasteiger partial charge in [-0.1, -0.05) is 6.42 Å². The topological polar surface area (TPSA) is 47.1 Å². The maximum atomic E-state index is 13.9. The normalized spacial score (nSPS) is 27.4. The molecule has 2 N–H and O–H groups in total. The molecule has 2 fully saturated rings. The van der Waals surface area contributed by atoms with Crippen molar-refractivity contribution < 1.29 is 8.78 Å². The van der Waals surface area contributed by atoms with Crippen LogP contribution in [0.15, 0.2) is 30.5 Å². The number of hydrogen-bond donors (Lipinski definition) is 1. The fourth-order valence-corrected chi connectivity index (χ4v) is 4.21. The summed E-state index contributed by atoms with van der Waals surface area (Å²) in [5, 5.41) is 4.45. The number of aromatic nitrogens is 2. The first-order valence-corrected chi connectivity index (χ1v) is 8.58. The summed E-state index contributed by atoms with van der Waals surface area (Å²) in [5.74, 6) is 0.100. The van der Waals surface area contributed by atoms with Crippen molar-refractivity contribution in [2.24, 2.45) is 17.6 Å². The van der Waals surface area contributed by atoms with E-state index in [4.69, 9.17) is 5.73 Å². The van der Waals surface area contributed by atoms with Crippen LogP contribution in [0.4, 0.5) is 8.78 Å². The predicted octanol–water partition coefficient (Wildman–Crippen LogP) is 2.71. The minimum atomic E-state index is -0.609. The molecular weight excluding hydrogens is 310 g/mol. The summed E-state index contributed by atoms with van der Waals surface area (Å²) in [5.41, 5.74) is 7.42. The standard InChI is InChI=1S/C18H22F2N4/c19-13-4-5-18(16(20)8-13)24-7-6-14(22-24)10-23-9-12-2-1-3-17(21)15(12)11-23/h4-8,12,15,17H,1-3,9-11,21H2. The molecule has 2 aromatic rings. The molecule has 1 aliphatic carbocycles. The lowest BCUT2D eigenvalue weighted by atomic mass is 9.78. The molecule has 4 nitrogen and oxygen atoms in total. The van der Waals surface area contributed by atoms with Crippen molar-refractivity contribution in [1.29, 1.82) is 0 Å². The van der Waals surface area contributed by atoms with E-state index in [0.29, 0.717) is 17.9 Å². The van der Waals surface area contributed by atoms with Crippen LogP contribution in [0.1, 0.15) is 25.0 Å². The second-order valence-electron chi connectivity index (χ2n) is 7.06. The van der Waals surface area contributed by atoms with Crippen molar-refractivity contribution in [3.05, 3.63) is 47.8 Å². The van der Waals surface area contributed by atoms with Crippen LogP contribution in [0.2, 0.25) is 0 Å². The first-order chi connectivity index (χ1) is 11.6. The molecule has 6 heteroatoms. The molecule has 1 saturated carbocycles. The van der Waals surface area contributed by atoms with Crippen LogP contribution in [-0.2, 0) is 6.54 Å². The van der Waals surface area contributed by atoms with E-state index < -0.39 is 11.6 Å². The van der Waals surface area contributed by atoms with Crippen LogP contribution in [0, 0.1) is 23.5 Å². The Labute approximate surface area is 140 Å². The average molecular weight is 332 g/mol. The van der Waals surface area contributed by atoms with E-state index in [1.165, 1.54) is 29.7 Å². The van der Waals surface area contributed by atoms with Gasteiger partial charge in [0, 0.05) is 37.9 Å². The third kappa shape index (κ3) is 2.96. The lowest BCUT2D eigenvalue weighted by Gasteiger charge is -2.29. The monoisotopic (exact) mass is 332 g/mol. The average Bonchev–Trinajstić information content (AvgIpc) is 3.15. The van der Waals surface area contributed by atoms with E-state index in [1.807, 2.05) is 6.07 Å². The molecule has 2 aliphatic rings. The van der Waals surface area contributed by atoms with Gasteiger partial charge in [-0.05, 0) is 42.9 Å². The quantitative estimate of drug-likeness (QED) is 0.940. The van der Waals surface area contributed by atoms with Gasteiger partial charge < -0.3 is 5.73 Å². The summed E-state index contributed by atoms with van der Waals surface area (Å²) in [6.07, 6.45) is 5.35. The highest BCUT2D eigenvalue weighted by Gasteiger charge is 2.38. The molecule has 3 unspecified atom stereocenters. The molecule has 1 saturated heterocycles. The summed E-state index contributed by atoms with van der Waals surface area (Å²) in [6.45, 7) is 2.83. The van der Waals surface area contributed by atoms with Gasteiger partial charge in [-0.25, -0.2) is 13.5 Å². The number of likely N-dealkylation sites (tertiary alicyclic amines) is 1. The molecule has 2 heterocycles. The molecule has 128 valence electrons. The van der Waals surface area contributed by atoms with Crippen molar-refractivity contribution in [1.82, 2.24) is 14.7 Å². The highest BCUT2D eigenvalue weighted by Crippen LogP contribution is 2.35. The lowest BCUT2D eigenvalue weighted by Crippen LogP contribution is -2.38. The van der Waals surface area contributed by atoms with Gasteiger partial charge in [-0.3, -0.25) is 4.90 Å². The van der Waals surface area contributed by atoms with Crippen LogP contribution in [-0.4, -0.2) is 33.8 Å². The zero-order valence-corrected chi connectivity index (χ0v) is 13.5. The highest BCUT2D eigenvalue weighted by molar-refractivity contribution is 5.33. The molecule has 0 bridgehead atoms. The van der Waals surface area contributed by atoms with Gasteiger partial charge in [-0.15, -0.1) is 0 Å². The molecule has 4 rings (SSSR count). The van der Waals surface area contributed by atoms with Crippen molar-refractivity contribution in [3.8, 4) is 5.69 Å². The van der Waals surface area contributed by atoms with Crippen LogP contribution in [0.5, 0.6) is 0 Å². The predicted molar refractivity (Wildman–Crippen MR) is 87.6 cm³/mol. The Kier molecular flexibility index (Phi) is 4.10. The fourth-order valence-electron chi connectivity index (χ4n) is 4.21. The number of nitrogens with zero attached hydrogens (tertiary/aromatic N) is 3. The van der Waals surface area contributed by atoms with E-state index in [2.05, 4.69) is 10.00 Å². The zero-order chi connectivity index (χ0) is 16.7. The minimum absolute atomic E-state index is 0.264. The van der Waals surface area contributed by atoms with Crippen LogP contribution < -0.4 is 5.73 Å². The van der Waals surface area contributed by atoms with E-state index in [-0.39, 0.29) is 5.69 Å².